The van der Waals surface area contributed by atoms with Gasteiger partial charge in [-0.2, -0.15) is 9.50 Å². The highest BCUT2D eigenvalue weighted by Crippen LogP contribution is 2.41. The molecule has 2 aliphatic heterocycles. The molecular weight excluding hydrogens is 701 g/mol. The molecule has 0 radical (unpaired) electrons. The van der Waals surface area contributed by atoms with Gasteiger partial charge in [0, 0.05) is 22.6 Å². The van der Waals surface area contributed by atoms with Gasteiger partial charge < -0.3 is 31.5 Å². The molecule has 0 unspecified atom stereocenters. The number of ether oxygens (including phenoxy) is 1. The summed E-state index contributed by atoms with van der Waals surface area (Å²) in [7, 11) is 0. The van der Waals surface area contributed by atoms with Crippen molar-refractivity contribution >= 4 is 81.1 Å². The van der Waals surface area contributed by atoms with Crippen LogP contribution in [0.3, 0.4) is 0 Å². The number of carbonyl (C=O) groups excluding carboxylic acids is 4. The number of nitrogens with one attached hydrogen (secondary N) is 1. The number of fused-ring (bicyclic) bond motifs is 2. The number of aryl methyl sites for hydroxylation is 1. The Morgan fingerprint density at radius 3 is 2.51 bits per heavy atom. The van der Waals surface area contributed by atoms with Gasteiger partial charge in [0.2, 0.25) is 11.4 Å². The van der Waals surface area contributed by atoms with Crippen LogP contribution in [0.5, 0.6) is 0 Å². The number of nitrogens with zero attached hydrogens (tertiary/aromatic N) is 7. The lowest BCUT2D eigenvalue weighted by molar-refractivity contribution is -0.179. The Morgan fingerprint density at radius 2 is 1.90 bits per heavy atom. The Balaban J connectivity index is 1.34. The monoisotopic (exact) mass is 732 g/mol. The number of rotatable bonds is 11. The summed E-state index contributed by atoms with van der Waals surface area (Å²) in [5, 5.41) is 22.2. The summed E-state index contributed by atoms with van der Waals surface area (Å²) in [5.41, 5.74) is 9.22. The van der Waals surface area contributed by atoms with Crippen molar-refractivity contribution in [3.05, 3.63) is 39.9 Å². The van der Waals surface area contributed by atoms with E-state index in [2.05, 4.69) is 30.5 Å². The average Bonchev–Trinajstić information content (AvgIpc) is 3.63. The second kappa shape index (κ2) is 13.3. The number of oxime groups is 1. The van der Waals surface area contributed by atoms with Crippen LogP contribution in [0, 0.1) is 6.92 Å². The summed E-state index contributed by atoms with van der Waals surface area (Å²) >= 11 is 3.52. The third-order valence-corrected chi connectivity index (χ3v) is 9.89. The van der Waals surface area contributed by atoms with Gasteiger partial charge in [0.1, 0.15) is 33.4 Å². The summed E-state index contributed by atoms with van der Waals surface area (Å²) in [6.07, 6.45) is 0. The number of anilines is 1. The van der Waals surface area contributed by atoms with Crippen LogP contribution in [0.2, 0.25) is 0 Å². The molecule has 0 spiro atoms. The maximum Gasteiger partial charge on any atom is 0.353 e. The molecule has 0 saturated carbocycles. The highest BCUT2D eigenvalue weighted by Gasteiger charge is 2.54. The zero-order valence-electron chi connectivity index (χ0n) is 27.0. The molecule has 18 nitrogen and oxygen atoms in total. The van der Waals surface area contributed by atoms with Crippen molar-refractivity contribution in [1.29, 1.82) is 0 Å². The van der Waals surface area contributed by atoms with Gasteiger partial charge in [-0.3, -0.25) is 19.3 Å². The molecule has 1 fully saturated rings. The number of thiazole rings is 1. The van der Waals surface area contributed by atoms with E-state index >= 15 is 0 Å². The highest BCUT2D eigenvalue weighted by atomic mass is 32.2. The molecule has 2 atom stereocenters. The molecule has 5 heterocycles. The van der Waals surface area contributed by atoms with Gasteiger partial charge in [-0.05, 0) is 53.2 Å². The van der Waals surface area contributed by atoms with E-state index in [1.807, 2.05) is 0 Å². The van der Waals surface area contributed by atoms with Crippen LogP contribution in [0.15, 0.2) is 32.9 Å². The number of amides is 3. The molecule has 1 saturated heterocycles. The number of nitrogen functional groups attached to an aromatic ring is 1. The minimum Gasteiger partial charge on any atom is -0.477 e. The summed E-state index contributed by atoms with van der Waals surface area (Å²) in [4.78, 5) is 82.7. The van der Waals surface area contributed by atoms with Crippen molar-refractivity contribution in [2.24, 2.45) is 10.9 Å². The quantitative estimate of drug-likeness (QED) is 0.0534. The summed E-state index contributed by atoms with van der Waals surface area (Å²) in [5.74, 6) is -4.06. The molecule has 5 rings (SSSR count). The molecule has 2 aliphatic rings. The fourth-order valence-electron chi connectivity index (χ4n) is 4.53. The van der Waals surface area contributed by atoms with E-state index in [0.29, 0.717) is 16.3 Å². The topological polar surface area (TPSA) is 260 Å². The molecule has 260 valence electrons. The number of thioether (sulfide) groups is 2. The molecular formula is C28H32N10O8S3. The molecule has 6 N–H and O–H groups in total. The number of esters is 1. The van der Waals surface area contributed by atoms with Crippen LogP contribution in [0.1, 0.15) is 56.6 Å². The van der Waals surface area contributed by atoms with E-state index in [4.69, 9.17) is 21.0 Å². The third kappa shape index (κ3) is 7.47. The number of primary amides is 1. The normalized spacial score (nSPS) is 18.2. The Kier molecular flexibility index (Phi) is 9.63. The maximum absolute atomic E-state index is 13.5. The number of carboxylic acids is 1. The number of β-lactam (4-membered cyclic amide) rings is 1. The number of aromatic nitrogens is 5. The fraction of sp³-hybridized carbons (Fsp3) is 0.429. The third-order valence-electron chi connectivity index (χ3n) is 6.79. The van der Waals surface area contributed by atoms with Gasteiger partial charge in [0.15, 0.2) is 10.8 Å². The molecule has 3 aromatic rings. The Bertz CT molecular complexity index is 1950. The first-order chi connectivity index (χ1) is 22.9. The first kappa shape index (κ1) is 35.5. The van der Waals surface area contributed by atoms with E-state index < -0.39 is 52.3 Å². The van der Waals surface area contributed by atoms with Gasteiger partial charge in [-0.15, -0.1) is 40.0 Å². The van der Waals surface area contributed by atoms with Crippen molar-refractivity contribution in [2.45, 2.75) is 69.2 Å². The first-order valence-corrected chi connectivity index (χ1v) is 17.4. The van der Waals surface area contributed by atoms with E-state index in [-0.39, 0.29) is 45.3 Å². The van der Waals surface area contributed by atoms with Gasteiger partial charge in [0.25, 0.3) is 23.5 Å². The van der Waals surface area contributed by atoms with Crippen LogP contribution in [-0.4, -0.2) is 104 Å². The maximum atomic E-state index is 13.5. The Labute approximate surface area is 291 Å². The van der Waals surface area contributed by atoms with Gasteiger partial charge in [-0.1, -0.05) is 5.16 Å². The zero-order chi connectivity index (χ0) is 36.0. The van der Waals surface area contributed by atoms with Crippen molar-refractivity contribution < 1.29 is 38.7 Å². The van der Waals surface area contributed by atoms with E-state index in [9.17, 15) is 29.1 Å². The van der Waals surface area contributed by atoms with Crippen molar-refractivity contribution in [1.82, 2.24) is 34.8 Å². The average molecular weight is 733 g/mol. The molecule has 3 aromatic heterocycles. The number of hydrogen-bond donors (Lipinski definition) is 4. The largest absolute Gasteiger partial charge is 0.477 e. The molecule has 21 heteroatoms. The smallest absolute Gasteiger partial charge is 0.353 e. The number of carbonyl (C=O) groups is 5. The van der Waals surface area contributed by atoms with Crippen LogP contribution in [-0.2, 0) is 28.8 Å². The van der Waals surface area contributed by atoms with E-state index in [1.165, 1.54) is 47.3 Å². The molecule has 0 aromatic carbocycles. The zero-order valence-corrected chi connectivity index (χ0v) is 29.5. The van der Waals surface area contributed by atoms with Gasteiger partial charge in [0.05, 0.1) is 0 Å². The number of aliphatic carboxylic acids is 1. The molecule has 0 aliphatic carbocycles. The van der Waals surface area contributed by atoms with Gasteiger partial charge >= 0.3 is 11.9 Å². The number of hydrogen-bond acceptors (Lipinski definition) is 16. The molecule has 0 bridgehead atoms. The minimum absolute atomic E-state index is 0.0427. The van der Waals surface area contributed by atoms with Crippen LogP contribution < -0.4 is 16.8 Å². The lowest BCUT2D eigenvalue weighted by Crippen LogP contribution is -2.71. The van der Waals surface area contributed by atoms with E-state index in [1.54, 1.807) is 33.8 Å². The van der Waals surface area contributed by atoms with Crippen molar-refractivity contribution in [3.8, 4) is 0 Å². The predicted octanol–water partition coefficient (Wildman–Crippen LogP) is 0.942. The second-order valence-electron chi connectivity index (χ2n) is 12.3. The summed E-state index contributed by atoms with van der Waals surface area (Å²) in [6.45, 7) is 9.63. The van der Waals surface area contributed by atoms with Crippen molar-refractivity contribution in [2.75, 3.05) is 17.2 Å². The molecule has 49 heavy (non-hydrogen) atoms. The minimum atomic E-state index is -1.60. The predicted molar refractivity (Wildman–Crippen MR) is 179 cm³/mol. The SMILES string of the molecule is Cc1cc(SCC2=C(C(=O)O)N3C(=O)[C@@H](NC(=O)/C(=N\OC(C)(C)C(=O)OC(C)(C)C)c4csc(N)n4)[C@H]3SC2)n2nc(C(N)=O)nc2n1. The van der Waals surface area contributed by atoms with E-state index in [0.717, 1.165) is 16.2 Å². The highest BCUT2D eigenvalue weighted by molar-refractivity contribution is 8.01. The number of nitrogens with two attached hydrogens (primary N) is 2. The van der Waals surface area contributed by atoms with Crippen LogP contribution in [0.25, 0.3) is 5.78 Å². The first-order valence-electron chi connectivity index (χ1n) is 14.4. The van der Waals surface area contributed by atoms with Crippen molar-refractivity contribution in [3.63, 3.8) is 0 Å². The lowest BCUT2D eigenvalue weighted by Gasteiger charge is -2.49. The standard InChI is InChI=1S/C28H32N10O8S3/c1-11-7-14(38-26(31-11)34-19(35-38)18(29)39)47-8-12-9-48-22-16(21(41)37(22)17(12)23(42)43)33-20(40)15(13-10-49-25(30)32-13)36-46-28(5,6)24(44)45-27(2,3)4/h7,10,16,22H,8-9H2,1-6H3,(H2,29,39)(H2,30,32)(H,33,40)(H,42,43)/b36-15-/t16-,22-/m1/s1. The Hall–Kier alpha value is -4.76. The van der Waals surface area contributed by atoms with Crippen LogP contribution >= 0.6 is 34.9 Å². The lowest BCUT2D eigenvalue weighted by atomic mass is 10.0. The summed E-state index contributed by atoms with van der Waals surface area (Å²) in [6, 6.07) is 0.593. The van der Waals surface area contributed by atoms with Crippen LogP contribution in [0.4, 0.5) is 5.13 Å². The fourth-order valence-corrected chi connectivity index (χ4v) is 7.61. The summed E-state index contributed by atoms with van der Waals surface area (Å²) < 4.78 is 6.72. The number of carboxylic acid groups (broad SMARTS) is 1. The van der Waals surface area contributed by atoms with Gasteiger partial charge in [-0.25, -0.2) is 19.6 Å². The molecule has 3 amide bonds. The second-order valence-corrected chi connectivity index (χ2v) is 15.3. The Morgan fingerprint density at radius 1 is 1.18 bits per heavy atom.